The highest BCUT2D eigenvalue weighted by Crippen LogP contribution is 2.28. The molecule has 0 saturated carbocycles. The fourth-order valence-electron chi connectivity index (χ4n) is 3.08. The maximum absolute atomic E-state index is 4.66. The number of imidazole rings is 1. The van der Waals surface area contributed by atoms with Crippen molar-refractivity contribution in [3.8, 4) is 11.5 Å². The number of rotatable bonds is 4. The van der Waals surface area contributed by atoms with Gasteiger partial charge < -0.3 is 9.88 Å². The molecule has 21 heavy (non-hydrogen) atoms. The van der Waals surface area contributed by atoms with E-state index < -0.39 is 0 Å². The van der Waals surface area contributed by atoms with Crippen molar-refractivity contribution >= 4 is 0 Å². The third-order valence-electron chi connectivity index (χ3n) is 3.91. The minimum absolute atomic E-state index is 0.513. The van der Waals surface area contributed by atoms with Crippen LogP contribution >= 0.6 is 0 Å². The first-order valence-electron chi connectivity index (χ1n) is 7.69. The quantitative estimate of drug-likeness (QED) is 0.938. The van der Waals surface area contributed by atoms with E-state index in [1.54, 1.807) is 6.20 Å². The van der Waals surface area contributed by atoms with Crippen molar-refractivity contribution in [3.63, 3.8) is 0 Å². The van der Waals surface area contributed by atoms with Crippen LogP contribution in [0.2, 0.25) is 0 Å². The summed E-state index contributed by atoms with van der Waals surface area (Å²) in [6, 6.07) is 2.09. The van der Waals surface area contributed by atoms with E-state index in [-0.39, 0.29) is 0 Å². The lowest BCUT2D eigenvalue weighted by Crippen LogP contribution is -2.25. The predicted octanol–water partition coefficient (Wildman–Crippen LogP) is 2.62. The average molecular weight is 285 g/mol. The van der Waals surface area contributed by atoms with Gasteiger partial charge in [-0.05, 0) is 31.9 Å². The van der Waals surface area contributed by atoms with Crippen molar-refractivity contribution in [3.05, 3.63) is 30.0 Å². The van der Waals surface area contributed by atoms with Gasteiger partial charge in [-0.1, -0.05) is 13.8 Å². The molecule has 112 valence electrons. The lowest BCUT2D eigenvalue weighted by Gasteiger charge is -2.18. The molecule has 1 N–H and O–H groups in total. The van der Waals surface area contributed by atoms with Crippen LogP contribution in [-0.4, -0.2) is 44.5 Å². The number of H-pyrrole nitrogens is 1. The van der Waals surface area contributed by atoms with Crippen LogP contribution in [0, 0.1) is 12.8 Å². The SMILES string of the molecule is Cc1nc(-c2ncc[nH]2)cc(C2CCN(CC(C)C)C2)n1. The zero-order valence-electron chi connectivity index (χ0n) is 13.0. The van der Waals surface area contributed by atoms with Crippen LogP contribution in [0.1, 0.15) is 37.7 Å². The molecule has 0 amide bonds. The molecule has 0 aromatic carbocycles. The first-order valence-corrected chi connectivity index (χ1v) is 7.69. The second-order valence-electron chi connectivity index (χ2n) is 6.30. The van der Waals surface area contributed by atoms with E-state index in [2.05, 4.69) is 44.7 Å². The normalized spacial score (nSPS) is 19.5. The molecule has 0 aliphatic carbocycles. The summed E-state index contributed by atoms with van der Waals surface area (Å²) in [5.41, 5.74) is 2.05. The van der Waals surface area contributed by atoms with Crippen LogP contribution in [0.5, 0.6) is 0 Å². The minimum atomic E-state index is 0.513. The maximum atomic E-state index is 4.66. The number of hydrogen-bond acceptors (Lipinski definition) is 4. The van der Waals surface area contributed by atoms with Crippen molar-refractivity contribution in [1.82, 2.24) is 24.8 Å². The summed E-state index contributed by atoms with van der Waals surface area (Å²) in [6.07, 6.45) is 4.76. The van der Waals surface area contributed by atoms with Gasteiger partial charge in [0.15, 0.2) is 5.82 Å². The molecule has 2 aromatic heterocycles. The third-order valence-corrected chi connectivity index (χ3v) is 3.91. The van der Waals surface area contributed by atoms with Crippen molar-refractivity contribution < 1.29 is 0 Å². The molecule has 0 bridgehead atoms. The summed E-state index contributed by atoms with van der Waals surface area (Å²) >= 11 is 0. The van der Waals surface area contributed by atoms with Crippen LogP contribution in [-0.2, 0) is 0 Å². The van der Waals surface area contributed by atoms with Crippen molar-refractivity contribution in [1.29, 1.82) is 0 Å². The Bertz CT molecular complexity index is 591. The summed E-state index contributed by atoms with van der Waals surface area (Å²) < 4.78 is 0. The molecule has 1 fully saturated rings. The lowest BCUT2D eigenvalue weighted by molar-refractivity contribution is 0.294. The second kappa shape index (κ2) is 5.93. The van der Waals surface area contributed by atoms with Gasteiger partial charge in [0.05, 0.1) is 0 Å². The van der Waals surface area contributed by atoms with Crippen molar-refractivity contribution in [2.24, 2.45) is 5.92 Å². The fraction of sp³-hybridized carbons (Fsp3) is 0.562. The van der Waals surface area contributed by atoms with Crippen LogP contribution in [0.15, 0.2) is 18.5 Å². The van der Waals surface area contributed by atoms with Crippen LogP contribution in [0.4, 0.5) is 0 Å². The molecule has 1 aliphatic heterocycles. The van der Waals surface area contributed by atoms with Crippen LogP contribution in [0.3, 0.4) is 0 Å². The Morgan fingerprint density at radius 2 is 2.24 bits per heavy atom. The fourth-order valence-corrected chi connectivity index (χ4v) is 3.08. The first-order chi connectivity index (χ1) is 10.1. The second-order valence-corrected chi connectivity index (χ2v) is 6.30. The van der Waals surface area contributed by atoms with Gasteiger partial charge in [0.2, 0.25) is 0 Å². The Morgan fingerprint density at radius 3 is 2.95 bits per heavy atom. The number of nitrogens with zero attached hydrogens (tertiary/aromatic N) is 4. The highest BCUT2D eigenvalue weighted by Gasteiger charge is 2.26. The van der Waals surface area contributed by atoms with E-state index in [9.17, 15) is 0 Å². The molecule has 1 saturated heterocycles. The number of aryl methyl sites for hydroxylation is 1. The highest BCUT2D eigenvalue weighted by atomic mass is 15.1. The number of aromatic amines is 1. The summed E-state index contributed by atoms with van der Waals surface area (Å²) in [6.45, 7) is 9.95. The molecular weight excluding hydrogens is 262 g/mol. The van der Waals surface area contributed by atoms with E-state index in [1.165, 1.54) is 19.5 Å². The molecule has 5 nitrogen and oxygen atoms in total. The molecule has 2 aromatic rings. The third kappa shape index (κ3) is 3.29. The Hall–Kier alpha value is -1.75. The standard InChI is InChI=1S/C16H23N5/c1-11(2)9-21-7-4-13(10-21)14-8-15(20-12(3)19-14)16-17-5-6-18-16/h5-6,8,11,13H,4,7,9-10H2,1-3H3,(H,17,18). The average Bonchev–Trinajstić information content (AvgIpc) is 3.08. The lowest BCUT2D eigenvalue weighted by atomic mass is 10.0. The molecule has 3 rings (SSSR count). The predicted molar refractivity (Wildman–Crippen MR) is 83.0 cm³/mol. The first kappa shape index (κ1) is 14.2. The van der Waals surface area contributed by atoms with Gasteiger partial charge in [0.1, 0.15) is 11.5 Å². The number of nitrogens with one attached hydrogen (secondary N) is 1. The minimum Gasteiger partial charge on any atom is -0.343 e. The molecule has 1 aliphatic rings. The summed E-state index contributed by atoms with van der Waals surface area (Å²) in [4.78, 5) is 19.1. The summed E-state index contributed by atoms with van der Waals surface area (Å²) in [7, 11) is 0. The zero-order valence-corrected chi connectivity index (χ0v) is 13.0. The van der Waals surface area contributed by atoms with Gasteiger partial charge in [-0.3, -0.25) is 0 Å². The molecule has 0 spiro atoms. The van der Waals surface area contributed by atoms with Gasteiger partial charge >= 0.3 is 0 Å². The molecule has 0 radical (unpaired) electrons. The maximum Gasteiger partial charge on any atom is 0.156 e. The van der Waals surface area contributed by atoms with Gasteiger partial charge in [0, 0.05) is 37.1 Å². The number of aromatic nitrogens is 4. The van der Waals surface area contributed by atoms with Gasteiger partial charge in [-0.15, -0.1) is 0 Å². The molecule has 1 unspecified atom stereocenters. The topological polar surface area (TPSA) is 57.7 Å². The monoisotopic (exact) mass is 285 g/mol. The van der Waals surface area contributed by atoms with Crippen molar-refractivity contribution in [2.75, 3.05) is 19.6 Å². The van der Waals surface area contributed by atoms with E-state index in [1.807, 2.05) is 13.1 Å². The van der Waals surface area contributed by atoms with Gasteiger partial charge in [0.25, 0.3) is 0 Å². The molecule has 5 heteroatoms. The Morgan fingerprint density at radius 1 is 1.38 bits per heavy atom. The van der Waals surface area contributed by atoms with E-state index in [0.29, 0.717) is 5.92 Å². The summed E-state index contributed by atoms with van der Waals surface area (Å²) in [5, 5.41) is 0. The van der Waals surface area contributed by atoms with Crippen LogP contribution < -0.4 is 0 Å². The Balaban J connectivity index is 1.80. The smallest absolute Gasteiger partial charge is 0.156 e. The number of hydrogen-bond donors (Lipinski definition) is 1. The zero-order chi connectivity index (χ0) is 14.8. The number of likely N-dealkylation sites (tertiary alicyclic amines) is 1. The van der Waals surface area contributed by atoms with Crippen LogP contribution in [0.25, 0.3) is 11.5 Å². The Kier molecular flexibility index (Phi) is 4.01. The molecular formula is C16H23N5. The highest BCUT2D eigenvalue weighted by molar-refractivity contribution is 5.49. The van der Waals surface area contributed by atoms with Gasteiger partial charge in [-0.2, -0.15) is 0 Å². The van der Waals surface area contributed by atoms with E-state index in [0.717, 1.165) is 35.5 Å². The molecule has 3 heterocycles. The van der Waals surface area contributed by atoms with E-state index >= 15 is 0 Å². The Labute approximate surface area is 125 Å². The van der Waals surface area contributed by atoms with Crippen molar-refractivity contribution in [2.45, 2.75) is 33.1 Å². The van der Waals surface area contributed by atoms with Gasteiger partial charge in [-0.25, -0.2) is 15.0 Å². The molecule has 1 atom stereocenters. The van der Waals surface area contributed by atoms with E-state index in [4.69, 9.17) is 0 Å². The summed E-state index contributed by atoms with van der Waals surface area (Å²) in [5.74, 6) is 2.87. The largest absolute Gasteiger partial charge is 0.343 e.